The summed E-state index contributed by atoms with van der Waals surface area (Å²) in [5.41, 5.74) is 7.66. The van der Waals surface area contributed by atoms with Crippen molar-refractivity contribution < 1.29 is 0 Å². The van der Waals surface area contributed by atoms with Gasteiger partial charge >= 0.3 is 0 Å². The minimum absolute atomic E-state index is 0.484. The van der Waals surface area contributed by atoms with E-state index in [1.54, 1.807) is 10.7 Å². The molecule has 0 amide bonds. The van der Waals surface area contributed by atoms with Gasteiger partial charge in [-0.15, -0.1) is 0 Å². The Labute approximate surface area is 95.1 Å². The van der Waals surface area contributed by atoms with Crippen molar-refractivity contribution in [2.75, 3.05) is 5.73 Å². The maximum atomic E-state index is 8.78. The van der Waals surface area contributed by atoms with Crippen molar-refractivity contribution in [3.8, 4) is 11.8 Å². The molecule has 15 heavy (non-hydrogen) atoms. The van der Waals surface area contributed by atoms with Gasteiger partial charge in [0.05, 0.1) is 17.6 Å². The van der Waals surface area contributed by atoms with Gasteiger partial charge in [0, 0.05) is 0 Å². The van der Waals surface area contributed by atoms with Crippen LogP contribution in [0.4, 0.5) is 5.69 Å². The number of nitrogen functional groups attached to an aromatic ring is 1. The lowest BCUT2D eigenvalue weighted by Crippen LogP contribution is -2.01. The van der Waals surface area contributed by atoms with Gasteiger partial charge in [-0.3, -0.25) is 0 Å². The first kappa shape index (κ1) is 9.74. The van der Waals surface area contributed by atoms with Crippen molar-refractivity contribution >= 4 is 21.6 Å². The third kappa shape index (κ3) is 1.60. The summed E-state index contributed by atoms with van der Waals surface area (Å²) < 4.78 is 2.20. The van der Waals surface area contributed by atoms with E-state index in [2.05, 4.69) is 21.0 Å². The fourth-order valence-electron chi connectivity index (χ4n) is 1.26. The number of para-hydroxylation sites is 2. The maximum Gasteiger partial charge on any atom is 0.127 e. The highest BCUT2D eigenvalue weighted by Gasteiger charge is 2.10. The lowest BCUT2D eigenvalue weighted by molar-refractivity contribution is 0.863. The Hall–Kier alpha value is -1.80. The van der Waals surface area contributed by atoms with Crippen molar-refractivity contribution in [3.05, 3.63) is 40.6 Å². The van der Waals surface area contributed by atoms with Gasteiger partial charge in [-0.2, -0.15) is 10.4 Å². The number of anilines is 1. The van der Waals surface area contributed by atoms with Crippen LogP contribution in [0.2, 0.25) is 0 Å². The van der Waals surface area contributed by atoms with Crippen LogP contribution >= 0.6 is 15.9 Å². The molecular weight excluding hydrogens is 256 g/mol. The molecule has 0 atom stereocenters. The van der Waals surface area contributed by atoms with Crippen molar-refractivity contribution in [2.24, 2.45) is 0 Å². The number of nitriles is 1. The highest BCUT2D eigenvalue weighted by molar-refractivity contribution is 9.10. The van der Waals surface area contributed by atoms with E-state index in [9.17, 15) is 0 Å². The zero-order valence-corrected chi connectivity index (χ0v) is 9.27. The van der Waals surface area contributed by atoms with Crippen LogP contribution in [-0.2, 0) is 0 Å². The fourth-order valence-corrected chi connectivity index (χ4v) is 1.73. The van der Waals surface area contributed by atoms with Crippen molar-refractivity contribution in [1.82, 2.24) is 9.78 Å². The van der Waals surface area contributed by atoms with E-state index in [0.29, 0.717) is 15.9 Å². The number of nitrogens with two attached hydrogens (primary N) is 1. The third-order valence-corrected chi connectivity index (χ3v) is 2.76. The molecule has 5 heteroatoms. The van der Waals surface area contributed by atoms with Crippen LogP contribution in [0.15, 0.2) is 35.1 Å². The number of halogens is 1. The summed E-state index contributed by atoms with van der Waals surface area (Å²) >= 11 is 3.30. The Morgan fingerprint density at radius 3 is 2.73 bits per heavy atom. The highest BCUT2D eigenvalue weighted by Crippen LogP contribution is 2.23. The van der Waals surface area contributed by atoms with Crippen molar-refractivity contribution in [2.45, 2.75) is 0 Å². The predicted octanol–water partition coefficient (Wildman–Crippen LogP) is 2.09. The first-order valence-corrected chi connectivity index (χ1v) is 5.02. The Morgan fingerprint density at radius 2 is 2.13 bits per heavy atom. The molecule has 2 aromatic rings. The molecule has 0 aliphatic carbocycles. The summed E-state index contributed by atoms with van der Waals surface area (Å²) in [6.07, 6.45) is 1.50. The summed E-state index contributed by atoms with van der Waals surface area (Å²) in [5.74, 6) is 0. The van der Waals surface area contributed by atoms with Gasteiger partial charge in [-0.05, 0) is 28.1 Å². The molecule has 1 aromatic carbocycles. The molecule has 0 saturated carbocycles. The molecule has 2 rings (SSSR count). The maximum absolute atomic E-state index is 8.78. The number of hydrogen-bond acceptors (Lipinski definition) is 3. The molecule has 1 heterocycles. The molecule has 0 unspecified atom stereocenters. The first-order valence-electron chi connectivity index (χ1n) is 4.22. The van der Waals surface area contributed by atoms with Crippen molar-refractivity contribution in [1.29, 1.82) is 5.26 Å². The lowest BCUT2D eigenvalue weighted by atomic mass is 10.3. The SMILES string of the molecule is N#Cc1cnn(-c2ccccc2N)c1Br. The summed E-state index contributed by atoms with van der Waals surface area (Å²) in [6.45, 7) is 0. The van der Waals surface area contributed by atoms with Crippen LogP contribution in [0.1, 0.15) is 5.56 Å². The zero-order chi connectivity index (χ0) is 10.8. The van der Waals surface area contributed by atoms with E-state index in [-0.39, 0.29) is 0 Å². The van der Waals surface area contributed by atoms with Gasteiger partial charge < -0.3 is 5.73 Å². The van der Waals surface area contributed by atoms with Gasteiger partial charge in [-0.25, -0.2) is 4.68 Å². The van der Waals surface area contributed by atoms with E-state index in [1.165, 1.54) is 6.20 Å². The van der Waals surface area contributed by atoms with Crippen LogP contribution in [0.5, 0.6) is 0 Å². The molecule has 0 aliphatic heterocycles. The smallest absolute Gasteiger partial charge is 0.127 e. The largest absolute Gasteiger partial charge is 0.397 e. The van der Waals surface area contributed by atoms with E-state index in [1.807, 2.05) is 24.3 Å². The van der Waals surface area contributed by atoms with Crippen LogP contribution < -0.4 is 5.73 Å². The molecule has 0 bridgehead atoms. The predicted molar refractivity (Wildman–Crippen MR) is 60.4 cm³/mol. The van der Waals surface area contributed by atoms with Crippen LogP contribution in [0, 0.1) is 11.3 Å². The van der Waals surface area contributed by atoms with E-state index < -0.39 is 0 Å². The van der Waals surface area contributed by atoms with Crippen molar-refractivity contribution in [3.63, 3.8) is 0 Å². The van der Waals surface area contributed by atoms with Gasteiger partial charge in [0.2, 0.25) is 0 Å². The van der Waals surface area contributed by atoms with Gasteiger partial charge in [0.25, 0.3) is 0 Å². The minimum atomic E-state index is 0.484. The molecule has 1 aromatic heterocycles. The van der Waals surface area contributed by atoms with Gasteiger partial charge in [0.1, 0.15) is 16.2 Å². The standard InChI is InChI=1S/C10H7BrN4/c11-10-7(5-12)6-14-15(10)9-4-2-1-3-8(9)13/h1-4,6H,13H2. The summed E-state index contributed by atoms with van der Waals surface area (Å²) in [6, 6.07) is 9.38. The number of rotatable bonds is 1. The summed E-state index contributed by atoms with van der Waals surface area (Å²) in [5, 5.41) is 12.9. The Bertz CT molecular complexity index is 539. The van der Waals surface area contributed by atoms with Crippen LogP contribution in [-0.4, -0.2) is 9.78 Å². The molecule has 2 N–H and O–H groups in total. The van der Waals surface area contributed by atoms with E-state index in [4.69, 9.17) is 11.0 Å². The molecule has 0 spiro atoms. The number of aromatic nitrogens is 2. The molecule has 74 valence electrons. The topological polar surface area (TPSA) is 67.6 Å². The van der Waals surface area contributed by atoms with Crippen LogP contribution in [0.25, 0.3) is 5.69 Å². The van der Waals surface area contributed by atoms with Crippen LogP contribution in [0.3, 0.4) is 0 Å². The van der Waals surface area contributed by atoms with Gasteiger partial charge in [-0.1, -0.05) is 12.1 Å². The minimum Gasteiger partial charge on any atom is -0.397 e. The molecule has 0 saturated heterocycles. The molecule has 0 radical (unpaired) electrons. The number of nitrogens with zero attached hydrogens (tertiary/aromatic N) is 3. The zero-order valence-electron chi connectivity index (χ0n) is 7.68. The average Bonchev–Trinajstić information content (AvgIpc) is 2.60. The van der Waals surface area contributed by atoms with Gasteiger partial charge in [0.15, 0.2) is 0 Å². The number of benzene rings is 1. The molecule has 0 fully saturated rings. The molecule has 4 nitrogen and oxygen atoms in total. The first-order chi connectivity index (χ1) is 7.24. The van der Waals surface area contributed by atoms with E-state index in [0.717, 1.165) is 5.69 Å². The molecule has 0 aliphatic rings. The lowest BCUT2D eigenvalue weighted by Gasteiger charge is -2.05. The third-order valence-electron chi connectivity index (χ3n) is 2.00. The second kappa shape index (κ2) is 3.75. The highest BCUT2D eigenvalue weighted by atomic mass is 79.9. The molecular formula is C10H7BrN4. The Kier molecular flexibility index (Phi) is 2.44. The fraction of sp³-hybridized carbons (Fsp3) is 0. The Morgan fingerprint density at radius 1 is 1.40 bits per heavy atom. The van der Waals surface area contributed by atoms with E-state index >= 15 is 0 Å². The second-order valence-corrected chi connectivity index (χ2v) is 3.68. The second-order valence-electron chi connectivity index (χ2n) is 2.93. The summed E-state index contributed by atoms with van der Waals surface area (Å²) in [7, 11) is 0. The normalized spacial score (nSPS) is 9.87. The quantitative estimate of drug-likeness (QED) is 0.801. The Balaban J connectivity index is 2.61. The number of hydrogen-bond donors (Lipinski definition) is 1. The monoisotopic (exact) mass is 262 g/mol. The average molecular weight is 263 g/mol. The summed E-state index contributed by atoms with van der Waals surface area (Å²) in [4.78, 5) is 0.